The third kappa shape index (κ3) is 27.9. The third-order valence-electron chi connectivity index (χ3n) is 5.67. The molecule has 0 aromatic carbocycles. The molecule has 2 atom stereocenters. The highest BCUT2D eigenvalue weighted by Gasteiger charge is 2.21. The van der Waals surface area contributed by atoms with Gasteiger partial charge in [-0.1, -0.05) is 75.3 Å². The van der Waals surface area contributed by atoms with E-state index >= 15 is 0 Å². The van der Waals surface area contributed by atoms with E-state index < -0.39 is 32.5 Å². The molecule has 0 radical (unpaired) electrons. The predicted octanol–water partition coefficient (Wildman–Crippen LogP) is 6.20. The van der Waals surface area contributed by atoms with E-state index in [9.17, 15) is 19.0 Å². The largest absolute Gasteiger partial charge is 0.756 e. The Balaban J connectivity index is 4.21. The zero-order valence-electron chi connectivity index (χ0n) is 26.0. The number of phosphoric acid groups is 1. The minimum atomic E-state index is -4.59. The SMILES string of the molecule is CC/C=C\C/C=C\C/C=C\C/C=C\CCCCCCC(=O)OC(COC(=O)CC)COP(=O)([O-])OCC[N+](C)(C)C. The summed E-state index contributed by atoms with van der Waals surface area (Å²) in [6.45, 7) is 3.42. The summed E-state index contributed by atoms with van der Waals surface area (Å²) in [4.78, 5) is 35.9. The van der Waals surface area contributed by atoms with E-state index in [1.165, 1.54) is 0 Å². The number of likely N-dealkylation sites (N-methyl/N-ethyl adjacent to an activating group) is 1. The van der Waals surface area contributed by atoms with Crippen molar-refractivity contribution in [3.8, 4) is 0 Å². The number of carbonyl (C=O) groups excluding carboxylic acids is 2. The second-order valence-electron chi connectivity index (χ2n) is 10.7. The molecular formula is C31H54NO8P. The van der Waals surface area contributed by atoms with Crippen LogP contribution >= 0.6 is 7.82 Å². The zero-order valence-corrected chi connectivity index (χ0v) is 26.9. The molecule has 0 spiro atoms. The summed E-state index contributed by atoms with van der Waals surface area (Å²) in [7, 11) is 1.13. The summed E-state index contributed by atoms with van der Waals surface area (Å²) in [5, 5.41) is 0. The van der Waals surface area contributed by atoms with Crippen LogP contribution in [0.5, 0.6) is 0 Å². The van der Waals surface area contributed by atoms with E-state index in [0.717, 1.165) is 51.4 Å². The zero-order chi connectivity index (χ0) is 30.8. The van der Waals surface area contributed by atoms with Gasteiger partial charge in [-0.2, -0.15) is 0 Å². The minimum absolute atomic E-state index is 0.0398. The van der Waals surface area contributed by atoms with Gasteiger partial charge < -0.3 is 27.9 Å². The molecule has 0 N–H and O–H groups in total. The molecule has 0 aliphatic rings. The molecule has 0 amide bonds. The summed E-state index contributed by atoms with van der Waals surface area (Å²) >= 11 is 0. The number of carbonyl (C=O) groups is 2. The van der Waals surface area contributed by atoms with Crippen LogP contribution < -0.4 is 4.89 Å². The molecule has 0 aliphatic heterocycles. The number of ether oxygens (including phenoxy) is 2. The Kier molecular flexibility index (Phi) is 23.3. The third-order valence-corrected chi connectivity index (χ3v) is 6.63. The molecule has 0 aliphatic carbocycles. The lowest BCUT2D eigenvalue weighted by atomic mass is 10.1. The van der Waals surface area contributed by atoms with Crippen LogP contribution in [0.2, 0.25) is 0 Å². The first-order chi connectivity index (χ1) is 19.5. The van der Waals surface area contributed by atoms with Gasteiger partial charge in [-0.15, -0.1) is 0 Å². The van der Waals surface area contributed by atoms with Crippen LogP contribution in [0.1, 0.15) is 84.5 Å². The molecule has 0 aromatic heterocycles. The van der Waals surface area contributed by atoms with Crippen LogP contribution in [0, 0.1) is 0 Å². The number of quaternary nitrogens is 1. The van der Waals surface area contributed by atoms with Gasteiger partial charge in [0.25, 0.3) is 7.82 Å². The molecule has 0 rings (SSSR count). The molecule has 236 valence electrons. The first-order valence-electron chi connectivity index (χ1n) is 14.8. The van der Waals surface area contributed by atoms with E-state index in [-0.39, 0.29) is 26.1 Å². The smallest absolute Gasteiger partial charge is 0.306 e. The molecule has 2 unspecified atom stereocenters. The van der Waals surface area contributed by atoms with Gasteiger partial charge in [0.1, 0.15) is 19.8 Å². The van der Waals surface area contributed by atoms with Gasteiger partial charge in [-0.3, -0.25) is 14.2 Å². The van der Waals surface area contributed by atoms with Crippen LogP contribution in [0.15, 0.2) is 48.6 Å². The summed E-state index contributed by atoms with van der Waals surface area (Å²) in [5.74, 6) is -0.972. The molecule has 0 heterocycles. The van der Waals surface area contributed by atoms with Crippen molar-refractivity contribution in [2.24, 2.45) is 0 Å². The van der Waals surface area contributed by atoms with Gasteiger partial charge in [-0.25, -0.2) is 0 Å². The summed E-state index contributed by atoms with van der Waals surface area (Å²) in [6.07, 6.45) is 25.3. The highest BCUT2D eigenvalue weighted by molar-refractivity contribution is 7.45. The van der Waals surface area contributed by atoms with Crippen LogP contribution in [0.4, 0.5) is 0 Å². The number of hydrogen-bond acceptors (Lipinski definition) is 8. The lowest BCUT2D eigenvalue weighted by Gasteiger charge is -2.28. The van der Waals surface area contributed by atoms with Crippen molar-refractivity contribution in [1.82, 2.24) is 0 Å². The summed E-state index contributed by atoms with van der Waals surface area (Å²) in [5.41, 5.74) is 0. The molecule has 9 nitrogen and oxygen atoms in total. The van der Waals surface area contributed by atoms with E-state index in [1.807, 2.05) is 21.1 Å². The predicted molar refractivity (Wildman–Crippen MR) is 162 cm³/mol. The van der Waals surface area contributed by atoms with Crippen molar-refractivity contribution >= 4 is 19.8 Å². The number of allylic oxidation sites excluding steroid dienone is 8. The fourth-order valence-corrected chi connectivity index (χ4v) is 4.00. The lowest BCUT2D eigenvalue weighted by Crippen LogP contribution is -2.37. The molecule has 0 saturated heterocycles. The normalized spacial score (nSPS) is 14.8. The molecule has 0 bridgehead atoms. The van der Waals surface area contributed by atoms with E-state index in [2.05, 4.69) is 55.5 Å². The maximum atomic E-state index is 12.3. The highest BCUT2D eigenvalue weighted by Crippen LogP contribution is 2.38. The monoisotopic (exact) mass is 599 g/mol. The standard InChI is InChI=1S/C31H54NO8P/c1-6-8-9-10-11-12-13-14-15-16-17-18-19-20-21-22-23-24-31(34)40-29(27-37-30(33)7-2)28-39-41(35,36)38-26-25-32(3,4)5/h8-9,11-12,14-15,17-18,29H,6-7,10,13,16,19-28H2,1-5H3/b9-8-,12-11-,15-14-,18-17-. The second-order valence-corrected chi connectivity index (χ2v) is 12.1. The van der Waals surface area contributed by atoms with Crippen LogP contribution in [-0.4, -0.2) is 70.0 Å². The summed E-state index contributed by atoms with van der Waals surface area (Å²) < 4.78 is 32.7. The Bertz CT molecular complexity index is 861. The topological polar surface area (TPSA) is 111 Å². The number of hydrogen-bond donors (Lipinski definition) is 0. The van der Waals surface area contributed by atoms with Crippen LogP contribution in [0.3, 0.4) is 0 Å². The molecular weight excluding hydrogens is 545 g/mol. The first-order valence-corrected chi connectivity index (χ1v) is 16.3. The molecule has 0 saturated carbocycles. The van der Waals surface area contributed by atoms with Crippen molar-refractivity contribution in [3.05, 3.63) is 48.6 Å². The first kappa shape index (κ1) is 39.0. The van der Waals surface area contributed by atoms with Crippen molar-refractivity contribution < 1.29 is 42.1 Å². The number of nitrogens with zero attached hydrogens (tertiary/aromatic N) is 1. The van der Waals surface area contributed by atoms with Crippen molar-refractivity contribution in [3.63, 3.8) is 0 Å². The lowest BCUT2D eigenvalue weighted by molar-refractivity contribution is -0.870. The maximum Gasteiger partial charge on any atom is 0.306 e. The number of unbranched alkanes of at least 4 members (excludes halogenated alkanes) is 4. The average molecular weight is 600 g/mol. The van der Waals surface area contributed by atoms with E-state index in [0.29, 0.717) is 17.4 Å². The fourth-order valence-electron chi connectivity index (χ4n) is 3.27. The summed E-state index contributed by atoms with van der Waals surface area (Å²) in [6, 6.07) is 0. The van der Waals surface area contributed by atoms with E-state index in [4.69, 9.17) is 18.5 Å². The van der Waals surface area contributed by atoms with Gasteiger partial charge in [0.05, 0.1) is 27.7 Å². The van der Waals surface area contributed by atoms with Gasteiger partial charge >= 0.3 is 11.9 Å². The van der Waals surface area contributed by atoms with Crippen LogP contribution in [-0.2, 0) is 32.7 Å². The van der Waals surface area contributed by atoms with Crippen molar-refractivity contribution in [2.75, 3.05) is 47.5 Å². The van der Waals surface area contributed by atoms with Gasteiger partial charge in [-0.05, 0) is 44.9 Å². The Morgan fingerprint density at radius 2 is 1.37 bits per heavy atom. The Hall–Kier alpha value is -2.03. The number of esters is 2. The Morgan fingerprint density at radius 1 is 0.780 bits per heavy atom. The van der Waals surface area contributed by atoms with E-state index in [1.54, 1.807) is 6.92 Å². The minimum Gasteiger partial charge on any atom is -0.756 e. The molecule has 0 fully saturated rings. The molecule has 0 aromatic rings. The van der Waals surface area contributed by atoms with Crippen molar-refractivity contribution in [2.45, 2.75) is 90.6 Å². The second kappa shape index (κ2) is 24.6. The Labute approximate surface area is 248 Å². The fraction of sp³-hybridized carbons (Fsp3) is 0.677. The quantitative estimate of drug-likeness (QED) is 0.0401. The number of phosphoric ester groups is 1. The van der Waals surface area contributed by atoms with Gasteiger partial charge in [0, 0.05) is 12.8 Å². The van der Waals surface area contributed by atoms with Crippen molar-refractivity contribution in [1.29, 1.82) is 0 Å². The maximum absolute atomic E-state index is 12.3. The van der Waals surface area contributed by atoms with Gasteiger partial charge in [0.2, 0.25) is 0 Å². The van der Waals surface area contributed by atoms with Gasteiger partial charge in [0.15, 0.2) is 6.10 Å². The molecule has 10 heteroatoms. The Morgan fingerprint density at radius 3 is 1.95 bits per heavy atom. The molecule has 41 heavy (non-hydrogen) atoms. The average Bonchev–Trinajstić information content (AvgIpc) is 2.90. The number of rotatable bonds is 25. The van der Waals surface area contributed by atoms with Crippen LogP contribution in [0.25, 0.3) is 0 Å². The highest BCUT2D eigenvalue weighted by atomic mass is 31.2.